The molecular formula is C18H18MoN8O4S8. The number of hydrazine groups is 4. The monoisotopic (exact) mass is 764 g/mol. The molecule has 0 amide bonds. The van der Waals surface area contributed by atoms with Gasteiger partial charge in [0, 0.05) is 25.5 Å². The zero-order chi connectivity index (χ0) is 28.9. The standard InChI is InChI=1S/2C9H10N4OS4.Mo.2O/c2*15-8(16)12(7-10-3-6-14-7)13(9(17)18)11-4-1-2-5-11;;;/h2*1,3-4,6H,2,5H2,(H,15,16)(H,17,18);;;/q;;+2;;/p-2. The van der Waals surface area contributed by atoms with Gasteiger partial charge in [0.25, 0.3) is 0 Å². The third-order valence-electron chi connectivity index (χ3n) is 4.36. The van der Waals surface area contributed by atoms with E-state index in [1.54, 1.807) is 10.2 Å². The van der Waals surface area contributed by atoms with Crippen LogP contribution in [0.25, 0.3) is 0 Å². The molecule has 0 unspecified atom stereocenters. The SMILES string of the molecule is S=C([S-])N(c1ncco1)N(C(=S)S)N1C=CCC1.S=C([S-])N(c1ncco1)N(C(=S)S)N1C=CCC1.[O]=[Mo+2]=[O]. The average Bonchev–Trinajstić information content (AvgIpc) is 3.70. The second-order valence-electron chi connectivity index (χ2n) is 6.67. The van der Waals surface area contributed by atoms with Gasteiger partial charge in [-0.05, 0) is 45.9 Å². The van der Waals surface area contributed by atoms with Crippen LogP contribution in [0.4, 0.5) is 12.0 Å². The summed E-state index contributed by atoms with van der Waals surface area (Å²) in [6, 6.07) is 0.512. The number of aromatic nitrogens is 2. The van der Waals surface area contributed by atoms with Crippen LogP contribution in [0.5, 0.6) is 0 Å². The first kappa shape index (κ1) is 33.7. The zero-order valence-corrected chi connectivity index (χ0v) is 28.1. The molecule has 2 aliphatic heterocycles. The Labute approximate surface area is 276 Å². The van der Waals surface area contributed by atoms with Crippen LogP contribution >= 0.6 is 74.1 Å². The Bertz CT molecular complexity index is 1140. The first-order valence-corrected chi connectivity index (χ1v) is 15.3. The Hall–Kier alpha value is -1.51. The van der Waals surface area contributed by atoms with Crippen molar-refractivity contribution in [1.29, 1.82) is 0 Å². The van der Waals surface area contributed by atoms with Crippen LogP contribution in [-0.2, 0) is 50.5 Å². The molecule has 4 heterocycles. The number of thiocarbonyl (C=S) groups is 4. The van der Waals surface area contributed by atoms with Crippen LogP contribution in [0.15, 0.2) is 58.3 Å². The van der Waals surface area contributed by atoms with Crippen molar-refractivity contribution in [2.24, 2.45) is 0 Å². The first-order valence-electron chi connectivity index (χ1n) is 10.3. The molecule has 12 nitrogen and oxygen atoms in total. The molecule has 0 saturated heterocycles. The van der Waals surface area contributed by atoms with Gasteiger partial charge in [0.15, 0.2) is 8.64 Å². The number of rotatable bonds is 4. The zero-order valence-electron chi connectivity index (χ0n) is 19.4. The van der Waals surface area contributed by atoms with Crippen LogP contribution in [0.2, 0.25) is 0 Å². The molecule has 0 saturated carbocycles. The third kappa shape index (κ3) is 9.82. The molecule has 208 valence electrons. The summed E-state index contributed by atoms with van der Waals surface area (Å²) in [5.41, 5.74) is 0. The van der Waals surface area contributed by atoms with Gasteiger partial charge in [0.2, 0.25) is 0 Å². The number of nitrogens with zero attached hydrogens (tertiary/aromatic N) is 8. The maximum absolute atomic E-state index is 8.50. The van der Waals surface area contributed by atoms with Crippen molar-refractivity contribution in [3.8, 4) is 0 Å². The molecule has 0 N–H and O–H groups in total. The van der Waals surface area contributed by atoms with Gasteiger partial charge in [-0.1, -0.05) is 12.2 Å². The average molecular weight is 763 g/mol. The van der Waals surface area contributed by atoms with E-state index < -0.39 is 18.5 Å². The molecule has 0 radical (unpaired) electrons. The molecule has 2 aliphatic rings. The molecule has 4 rings (SSSR count). The van der Waals surface area contributed by atoms with Crippen molar-refractivity contribution in [3.63, 3.8) is 0 Å². The van der Waals surface area contributed by atoms with Gasteiger partial charge in [0.1, 0.15) is 12.5 Å². The molecule has 0 spiro atoms. The molecule has 2 aromatic rings. The Morgan fingerprint density at radius 3 is 1.38 bits per heavy atom. The van der Waals surface area contributed by atoms with E-state index in [1.807, 2.05) is 34.6 Å². The van der Waals surface area contributed by atoms with E-state index >= 15 is 0 Å². The van der Waals surface area contributed by atoms with Crippen LogP contribution < -0.4 is 10.0 Å². The molecule has 0 aromatic carbocycles. The van der Waals surface area contributed by atoms with E-state index in [0.717, 1.165) is 25.9 Å². The summed E-state index contributed by atoms with van der Waals surface area (Å²) in [4.78, 5) is 8.06. The summed E-state index contributed by atoms with van der Waals surface area (Å²) in [5, 5.41) is 9.66. The molecule has 39 heavy (non-hydrogen) atoms. The van der Waals surface area contributed by atoms with E-state index in [4.69, 9.17) is 89.8 Å². The van der Waals surface area contributed by atoms with Crippen LogP contribution in [0, 0.1) is 0 Å². The molecule has 0 bridgehead atoms. The molecular weight excluding hydrogens is 745 g/mol. The number of anilines is 2. The quantitative estimate of drug-likeness (QED) is 0.156. The second-order valence-corrected chi connectivity index (χ2v) is 11.3. The summed E-state index contributed by atoms with van der Waals surface area (Å²) in [6.45, 7) is 1.52. The van der Waals surface area contributed by atoms with E-state index in [9.17, 15) is 0 Å². The van der Waals surface area contributed by atoms with Crippen molar-refractivity contribution in [2.75, 3.05) is 23.1 Å². The summed E-state index contributed by atoms with van der Waals surface area (Å²) in [7, 11) is 0. The number of oxazole rings is 2. The Morgan fingerprint density at radius 2 is 1.18 bits per heavy atom. The predicted octanol–water partition coefficient (Wildman–Crippen LogP) is 3.52. The van der Waals surface area contributed by atoms with E-state index in [2.05, 4.69) is 35.2 Å². The molecule has 21 heteroatoms. The fraction of sp³-hybridized carbons (Fsp3) is 0.222. The van der Waals surface area contributed by atoms with Gasteiger partial charge in [-0.3, -0.25) is 10.0 Å². The van der Waals surface area contributed by atoms with Gasteiger partial charge in [-0.2, -0.15) is 10.2 Å². The van der Waals surface area contributed by atoms with Gasteiger partial charge >= 0.3 is 37.3 Å². The topological polar surface area (TPSA) is 106 Å². The van der Waals surface area contributed by atoms with E-state index in [-0.39, 0.29) is 20.7 Å². The fourth-order valence-electron chi connectivity index (χ4n) is 3.01. The molecule has 0 atom stereocenters. The minimum atomic E-state index is -2.03. The number of hydrogen-bond acceptors (Lipinski definition) is 14. The fourth-order valence-corrected chi connectivity index (χ4v) is 4.41. The van der Waals surface area contributed by atoms with Crippen molar-refractivity contribution in [1.82, 2.24) is 30.2 Å². The van der Waals surface area contributed by atoms with Crippen LogP contribution in [0.1, 0.15) is 12.8 Å². The van der Waals surface area contributed by atoms with Crippen LogP contribution in [0.3, 0.4) is 0 Å². The Kier molecular flexibility index (Phi) is 15.0. The third-order valence-corrected chi connectivity index (χ3v) is 5.74. The van der Waals surface area contributed by atoms with Crippen molar-refractivity contribution in [2.45, 2.75) is 12.8 Å². The first-order chi connectivity index (χ1) is 18.6. The van der Waals surface area contributed by atoms with E-state index in [0.29, 0.717) is 8.64 Å². The normalized spacial score (nSPS) is 12.9. The van der Waals surface area contributed by atoms with Gasteiger partial charge in [0.05, 0.1) is 12.4 Å². The Morgan fingerprint density at radius 1 is 0.821 bits per heavy atom. The molecule has 0 fully saturated rings. The molecule has 2 aromatic heterocycles. The second kappa shape index (κ2) is 17.3. The Balaban J connectivity index is 0.000000249. The predicted molar refractivity (Wildman–Crippen MR) is 167 cm³/mol. The van der Waals surface area contributed by atoms with Gasteiger partial charge in [-0.15, -0.1) is 25.3 Å². The van der Waals surface area contributed by atoms with Gasteiger partial charge in [-0.25, -0.2) is 20.0 Å². The molecule has 0 aliphatic carbocycles. The van der Waals surface area contributed by atoms with Crippen molar-refractivity contribution < 1.29 is 34.1 Å². The van der Waals surface area contributed by atoms with Crippen molar-refractivity contribution in [3.05, 3.63) is 49.5 Å². The minimum absolute atomic E-state index is 0.147. The number of hydrogen-bond donors (Lipinski definition) is 2. The van der Waals surface area contributed by atoms with Crippen molar-refractivity contribution >= 4 is 129 Å². The maximum atomic E-state index is 8.50. The van der Waals surface area contributed by atoms with Gasteiger partial charge < -0.3 is 58.5 Å². The summed E-state index contributed by atoms with van der Waals surface area (Å²) < 4.78 is 28.3. The summed E-state index contributed by atoms with van der Waals surface area (Å²) in [5.74, 6) is 0. The number of thiol groups is 2. The summed E-state index contributed by atoms with van der Waals surface area (Å²) >= 11 is 36.8. The van der Waals surface area contributed by atoms with E-state index in [1.165, 1.54) is 34.9 Å². The summed E-state index contributed by atoms with van der Waals surface area (Å²) in [6.07, 6.45) is 15.5. The van der Waals surface area contributed by atoms with Crippen LogP contribution in [-0.4, -0.2) is 60.6 Å².